The number of nitrogens with zero attached hydrogens (tertiary/aromatic N) is 6. The van der Waals surface area contributed by atoms with E-state index in [1.807, 2.05) is 10.6 Å². The highest BCUT2D eigenvalue weighted by Crippen LogP contribution is 2.28. The summed E-state index contributed by atoms with van der Waals surface area (Å²) in [5.74, 6) is 1.10. The molecular weight excluding hydrogens is 343 g/mol. The van der Waals surface area contributed by atoms with E-state index < -0.39 is 0 Å². The second-order valence-electron chi connectivity index (χ2n) is 6.06. The molecule has 0 amide bonds. The molecule has 3 heterocycles. The van der Waals surface area contributed by atoms with Gasteiger partial charge in [-0.2, -0.15) is 0 Å². The van der Waals surface area contributed by atoms with E-state index in [4.69, 9.17) is 4.98 Å². The fraction of sp³-hybridized carbons (Fsp3) is 0.200. The van der Waals surface area contributed by atoms with Gasteiger partial charge in [-0.1, -0.05) is 0 Å². The van der Waals surface area contributed by atoms with Crippen molar-refractivity contribution in [3.63, 3.8) is 0 Å². The van der Waals surface area contributed by atoms with Crippen LogP contribution in [0.15, 0.2) is 55.1 Å². The second-order valence-corrected chi connectivity index (χ2v) is 6.06. The molecule has 1 aromatic carbocycles. The highest BCUT2D eigenvalue weighted by molar-refractivity contribution is 5.82. The van der Waals surface area contributed by atoms with E-state index in [9.17, 15) is 4.39 Å². The van der Waals surface area contributed by atoms with Crippen LogP contribution in [0.3, 0.4) is 0 Å². The van der Waals surface area contributed by atoms with Crippen LogP contribution in [0.2, 0.25) is 0 Å². The normalized spacial score (nSPS) is 11.1. The Morgan fingerprint density at radius 1 is 0.963 bits per heavy atom. The Hall–Kier alpha value is -3.35. The van der Waals surface area contributed by atoms with Gasteiger partial charge in [-0.15, -0.1) is 0 Å². The number of aromatic nitrogens is 5. The van der Waals surface area contributed by atoms with Crippen molar-refractivity contribution in [1.82, 2.24) is 24.5 Å². The van der Waals surface area contributed by atoms with Crippen LogP contribution in [0.1, 0.15) is 13.8 Å². The summed E-state index contributed by atoms with van der Waals surface area (Å²) in [6.45, 7) is 5.83. The van der Waals surface area contributed by atoms with E-state index in [-0.39, 0.29) is 5.82 Å². The van der Waals surface area contributed by atoms with Crippen molar-refractivity contribution in [3.8, 4) is 17.1 Å². The maximum atomic E-state index is 13.4. The first-order valence-corrected chi connectivity index (χ1v) is 8.87. The maximum Gasteiger partial charge on any atom is 0.225 e. The van der Waals surface area contributed by atoms with Crippen molar-refractivity contribution in [2.75, 3.05) is 18.0 Å². The van der Waals surface area contributed by atoms with Crippen LogP contribution in [-0.2, 0) is 0 Å². The van der Waals surface area contributed by atoms with E-state index in [1.54, 1.807) is 36.9 Å². The standard InChI is InChI=1S/C20H19FN6/c1-3-26(4-2)20-23-11-14(12-24-20)19-25-17-9-10-22-13-18(17)27(19)16-7-5-15(21)6-8-16/h5-13H,3-4H2,1-2H3. The summed E-state index contributed by atoms with van der Waals surface area (Å²) >= 11 is 0. The summed E-state index contributed by atoms with van der Waals surface area (Å²) in [5.41, 5.74) is 3.23. The third kappa shape index (κ3) is 3.12. The van der Waals surface area contributed by atoms with Gasteiger partial charge in [0.15, 0.2) is 0 Å². The van der Waals surface area contributed by atoms with Gasteiger partial charge in [0, 0.05) is 37.4 Å². The van der Waals surface area contributed by atoms with Gasteiger partial charge >= 0.3 is 0 Å². The van der Waals surface area contributed by atoms with Crippen molar-refractivity contribution >= 4 is 17.0 Å². The van der Waals surface area contributed by atoms with E-state index >= 15 is 0 Å². The number of halogens is 1. The lowest BCUT2D eigenvalue weighted by Crippen LogP contribution is -2.24. The van der Waals surface area contributed by atoms with Crippen LogP contribution in [0.25, 0.3) is 28.1 Å². The molecule has 6 nitrogen and oxygen atoms in total. The number of imidazole rings is 1. The third-order valence-corrected chi connectivity index (χ3v) is 4.48. The van der Waals surface area contributed by atoms with Gasteiger partial charge in [-0.3, -0.25) is 9.55 Å². The molecule has 0 radical (unpaired) electrons. The monoisotopic (exact) mass is 362 g/mol. The average molecular weight is 362 g/mol. The van der Waals surface area contributed by atoms with Crippen LogP contribution < -0.4 is 4.90 Å². The molecule has 0 aliphatic heterocycles. The molecule has 0 spiro atoms. The van der Waals surface area contributed by atoms with E-state index in [0.717, 1.165) is 35.4 Å². The number of hydrogen-bond donors (Lipinski definition) is 0. The van der Waals surface area contributed by atoms with Crippen LogP contribution in [-0.4, -0.2) is 37.6 Å². The van der Waals surface area contributed by atoms with Crippen molar-refractivity contribution in [1.29, 1.82) is 0 Å². The summed E-state index contributed by atoms with van der Waals surface area (Å²) in [6, 6.07) is 8.16. The zero-order valence-electron chi connectivity index (χ0n) is 15.2. The Morgan fingerprint density at radius 2 is 1.67 bits per heavy atom. The molecule has 4 rings (SSSR count). The molecule has 27 heavy (non-hydrogen) atoms. The van der Waals surface area contributed by atoms with E-state index in [0.29, 0.717) is 11.8 Å². The molecule has 3 aromatic heterocycles. The quantitative estimate of drug-likeness (QED) is 0.539. The maximum absolute atomic E-state index is 13.4. The summed E-state index contributed by atoms with van der Waals surface area (Å²) in [6.07, 6.45) is 7.00. The molecule has 0 saturated carbocycles. The zero-order chi connectivity index (χ0) is 18.8. The Morgan fingerprint density at radius 3 is 2.33 bits per heavy atom. The predicted molar refractivity (Wildman–Crippen MR) is 103 cm³/mol. The second kappa shape index (κ2) is 7.11. The molecule has 0 unspecified atom stereocenters. The Balaban J connectivity index is 1.86. The van der Waals surface area contributed by atoms with Crippen molar-refractivity contribution in [2.45, 2.75) is 13.8 Å². The van der Waals surface area contributed by atoms with Crippen LogP contribution in [0.5, 0.6) is 0 Å². The fourth-order valence-corrected chi connectivity index (χ4v) is 3.08. The molecular formula is C20H19FN6. The summed E-state index contributed by atoms with van der Waals surface area (Å²) in [5, 5.41) is 0. The highest BCUT2D eigenvalue weighted by Gasteiger charge is 2.16. The topological polar surface area (TPSA) is 59.7 Å². The van der Waals surface area contributed by atoms with E-state index in [2.05, 4.69) is 33.7 Å². The molecule has 0 aliphatic carbocycles. The van der Waals surface area contributed by atoms with E-state index in [1.165, 1.54) is 12.1 Å². The van der Waals surface area contributed by atoms with Crippen LogP contribution >= 0.6 is 0 Å². The van der Waals surface area contributed by atoms with Crippen molar-refractivity contribution < 1.29 is 4.39 Å². The minimum Gasteiger partial charge on any atom is -0.341 e. The van der Waals surface area contributed by atoms with Crippen LogP contribution in [0.4, 0.5) is 10.3 Å². The smallest absolute Gasteiger partial charge is 0.225 e. The summed E-state index contributed by atoms with van der Waals surface area (Å²) in [7, 11) is 0. The van der Waals surface area contributed by atoms with Gasteiger partial charge in [-0.25, -0.2) is 19.3 Å². The van der Waals surface area contributed by atoms with Gasteiger partial charge in [-0.05, 0) is 44.2 Å². The Labute approximate surface area is 156 Å². The number of fused-ring (bicyclic) bond motifs is 1. The van der Waals surface area contributed by atoms with Crippen molar-refractivity contribution in [3.05, 3.63) is 60.9 Å². The molecule has 0 aliphatic rings. The van der Waals surface area contributed by atoms with Crippen LogP contribution in [0, 0.1) is 5.82 Å². The molecule has 0 bridgehead atoms. The Bertz CT molecular complexity index is 1050. The number of pyridine rings is 1. The predicted octanol–water partition coefficient (Wildman–Crippen LogP) is 3.86. The lowest BCUT2D eigenvalue weighted by atomic mass is 10.2. The molecule has 0 atom stereocenters. The third-order valence-electron chi connectivity index (χ3n) is 4.48. The average Bonchev–Trinajstić information content (AvgIpc) is 3.10. The van der Waals surface area contributed by atoms with Gasteiger partial charge in [0.2, 0.25) is 5.95 Å². The lowest BCUT2D eigenvalue weighted by molar-refractivity contribution is 0.627. The van der Waals surface area contributed by atoms with Gasteiger partial charge in [0.25, 0.3) is 0 Å². The van der Waals surface area contributed by atoms with Gasteiger partial charge < -0.3 is 4.90 Å². The van der Waals surface area contributed by atoms with Gasteiger partial charge in [0.1, 0.15) is 11.6 Å². The Kier molecular flexibility index (Phi) is 4.50. The molecule has 0 fully saturated rings. The lowest BCUT2D eigenvalue weighted by Gasteiger charge is -2.18. The molecule has 136 valence electrons. The largest absolute Gasteiger partial charge is 0.341 e. The minimum atomic E-state index is -0.283. The number of anilines is 1. The molecule has 4 aromatic rings. The van der Waals surface area contributed by atoms with Gasteiger partial charge in [0.05, 0.1) is 22.8 Å². The summed E-state index contributed by atoms with van der Waals surface area (Å²) in [4.78, 5) is 20.0. The number of rotatable bonds is 5. The fourth-order valence-electron chi connectivity index (χ4n) is 3.08. The highest BCUT2D eigenvalue weighted by atomic mass is 19.1. The number of benzene rings is 1. The first-order valence-electron chi connectivity index (χ1n) is 8.87. The summed E-state index contributed by atoms with van der Waals surface area (Å²) < 4.78 is 15.3. The molecule has 0 saturated heterocycles. The zero-order valence-corrected chi connectivity index (χ0v) is 15.2. The number of hydrogen-bond acceptors (Lipinski definition) is 5. The first-order chi connectivity index (χ1) is 13.2. The molecule has 0 N–H and O–H groups in total. The molecule has 7 heteroatoms. The SMILES string of the molecule is CCN(CC)c1ncc(-c2nc3ccncc3n2-c2ccc(F)cc2)cn1. The first kappa shape index (κ1) is 17.1. The van der Waals surface area contributed by atoms with Crippen molar-refractivity contribution in [2.24, 2.45) is 0 Å². The minimum absolute atomic E-state index is 0.283.